The average molecular weight is 143 g/mol. The summed E-state index contributed by atoms with van der Waals surface area (Å²) in [6, 6.07) is 0.196. The molecule has 60 valence electrons. The van der Waals surface area contributed by atoms with Crippen LogP contribution in [0.25, 0.3) is 0 Å². The summed E-state index contributed by atoms with van der Waals surface area (Å²) in [6.45, 7) is 4.86. The molecule has 0 aliphatic heterocycles. The van der Waals surface area contributed by atoms with Crippen molar-refractivity contribution in [3.63, 3.8) is 0 Å². The van der Waals surface area contributed by atoms with E-state index < -0.39 is 0 Å². The van der Waals surface area contributed by atoms with Gasteiger partial charge in [0.1, 0.15) is 0 Å². The maximum atomic E-state index is 5.79. The smallest absolute Gasteiger partial charge is 0.0829 e. The van der Waals surface area contributed by atoms with Crippen molar-refractivity contribution in [1.29, 1.82) is 0 Å². The number of ether oxygens (including phenoxy) is 1. The molecule has 0 aromatic rings. The third kappa shape index (κ3) is 1.18. The van der Waals surface area contributed by atoms with Gasteiger partial charge in [-0.25, -0.2) is 0 Å². The zero-order valence-corrected chi connectivity index (χ0v) is 6.89. The largest absolute Gasteiger partial charge is 0.374 e. The summed E-state index contributed by atoms with van der Waals surface area (Å²) in [7, 11) is 0. The Labute approximate surface area is 62.7 Å². The second-order valence-electron chi connectivity index (χ2n) is 3.14. The van der Waals surface area contributed by atoms with Crippen molar-refractivity contribution in [1.82, 2.24) is 0 Å². The van der Waals surface area contributed by atoms with E-state index in [2.05, 4.69) is 0 Å². The fourth-order valence-electron chi connectivity index (χ4n) is 1.54. The van der Waals surface area contributed by atoms with Crippen LogP contribution in [0.1, 0.15) is 33.1 Å². The normalized spacial score (nSPS) is 25.5. The molecule has 2 N–H and O–H groups in total. The van der Waals surface area contributed by atoms with Gasteiger partial charge in [-0.1, -0.05) is 0 Å². The van der Waals surface area contributed by atoms with Crippen molar-refractivity contribution >= 4 is 0 Å². The van der Waals surface area contributed by atoms with Crippen molar-refractivity contribution in [3.05, 3.63) is 0 Å². The van der Waals surface area contributed by atoms with Gasteiger partial charge in [0.15, 0.2) is 0 Å². The van der Waals surface area contributed by atoms with Crippen molar-refractivity contribution in [3.8, 4) is 0 Å². The highest BCUT2D eigenvalue weighted by Crippen LogP contribution is 2.37. The van der Waals surface area contributed by atoms with Gasteiger partial charge < -0.3 is 10.5 Å². The van der Waals surface area contributed by atoms with E-state index in [4.69, 9.17) is 10.5 Å². The molecular formula is C8H17NO. The van der Waals surface area contributed by atoms with Gasteiger partial charge in [-0.2, -0.15) is 0 Å². The summed E-state index contributed by atoms with van der Waals surface area (Å²) >= 11 is 0. The van der Waals surface area contributed by atoms with E-state index in [9.17, 15) is 0 Å². The summed E-state index contributed by atoms with van der Waals surface area (Å²) < 4.78 is 5.60. The van der Waals surface area contributed by atoms with Crippen LogP contribution in [0.3, 0.4) is 0 Å². The summed E-state index contributed by atoms with van der Waals surface area (Å²) in [5.74, 6) is 0. The first kappa shape index (κ1) is 8.02. The van der Waals surface area contributed by atoms with E-state index in [0.717, 1.165) is 19.4 Å². The number of rotatable bonds is 3. The van der Waals surface area contributed by atoms with Crippen molar-refractivity contribution in [2.45, 2.75) is 44.8 Å². The molecule has 0 heterocycles. The summed E-state index contributed by atoms with van der Waals surface area (Å²) in [5.41, 5.74) is 5.84. The molecule has 1 aliphatic carbocycles. The zero-order valence-electron chi connectivity index (χ0n) is 6.89. The topological polar surface area (TPSA) is 35.2 Å². The van der Waals surface area contributed by atoms with Gasteiger partial charge in [-0.3, -0.25) is 0 Å². The van der Waals surface area contributed by atoms with Gasteiger partial charge in [0.05, 0.1) is 5.60 Å². The van der Waals surface area contributed by atoms with Crippen LogP contribution in [-0.2, 0) is 4.74 Å². The van der Waals surface area contributed by atoms with Crippen LogP contribution in [0.15, 0.2) is 0 Å². The van der Waals surface area contributed by atoms with Crippen LogP contribution in [-0.4, -0.2) is 18.2 Å². The van der Waals surface area contributed by atoms with Gasteiger partial charge in [-0.05, 0) is 33.1 Å². The maximum Gasteiger partial charge on any atom is 0.0829 e. The summed E-state index contributed by atoms with van der Waals surface area (Å²) in [4.78, 5) is 0. The van der Waals surface area contributed by atoms with E-state index in [-0.39, 0.29) is 11.6 Å². The quantitative estimate of drug-likeness (QED) is 0.646. The number of hydrogen-bond acceptors (Lipinski definition) is 2. The Kier molecular flexibility index (Phi) is 2.32. The van der Waals surface area contributed by atoms with Gasteiger partial charge in [0, 0.05) is 12.6 Å². The molecule has 1 aliphatic rings. The first-order chi connectivity index (χ1) is 4.71. The van der Waals surface area contributed by atoms with Gasteiger partial charge in [0.2, 0.25) is 0 Å². The first-order valence-electron chi connectivity index (χ1n) is 4.11. The van der Waals surface area contributed by atoms with Crippen molar-refractivity contribution in [2.24, 2.45) is 5.73 Å². The molecule has 1 unspecified atom stereocenters. The third-order valence-electron chi connectivity index (χ3n) is 2.46. The highest BCUT2D eigenvalue weighted by atomic mass is 16.5. The molecule has 2 heteroatoms. The van der Waals surface area contributed by atoms with Gasteiger partial charge in [-0.15, -0.1) is 0 Å². The third-order valence-corrected chi connectivity index (χ3v) is 2.46. The Hall–Kier alpha value is -0.0800. The fraction of sp³-hybridized carbons (Fsp3) is 1.00. The molecule has 1 saturated carbocycles. The average Bonchev–Trinajstić information content (AvgIpc) is 1.77. The predicted octanol–water partition coefficient (Wildman–Crippen LogP) is 1.29. The lowest BCUT2D eigenvalue weighted by Gasteiger charge is -2.44. The van der Waals surface area contributed by atoms with Crippen molar-refractivity contribution in [2.75, 3.05) is 6.61 Å². The highest BCUT2D eigenvalue weighted by molar-refractivity contribution is 4.96. The van der Waals surface area contributed by atoms with E-state index in [0.29, 0.717) is 0 Å². The van der Waals surface area contributed by atoms with Crippen LogP contribution in [0.2, 0.25) is 0 Å². The molecule has 0 saturated heterocycles. The summed E-state index contributed by atoms with van der Waals surface area (Å²) in [6.07, 6.45) is 3.58. The standard InChI is InChI=1S/C8H17NO/c1-3-10-8(7(2)9)5-4-6-8/h7H,3-6,9H2,1-2H3. The van der Waals surface area contributed by atoms with E-state index in [1.165, 1.54) is 6.42 Å². The van der Waals surface area contributed by atoms with E-state index in [1.54, 1.807) is 0 Å². The lowest BCUT2D eigenvalue weighted by atomic mass is 9.75. The fourth-order valence-corrected chi connectivity index (χ4v) is 1.54. The molecule has 1 rings (SSSR count). The van der Waals surface area contributed by atoms with Gasteiger partial charge >= 0.3 is 0 Å². The second kappa shape index (κ2) is 2.89. The molecule has 0 amide bonds. The Morgan fingerprint density at radius 3 is 2.30 bits per heavy atom. The Bertz CT molecular complexity index is 108. The monoisotopic (exact) mass is 143 g/mol. The minimum Gasteiger partial charge on any atom is -0.374 e. The lowest BCUT2D eigenvalue weighted by molar-refractivity contribution is -0.108. The predicted molar refractivity (Wildman–Crippen MR) is 41.9 cm³/mol. The molecule has 0 aromatic heterocycles. The number of nitrogens with two attached hydrogens (primary N) is 1. The molecule has 10 heavy (non-hydrogen) atoms. The molecule has 0 radical (unpaired) electrons. The molecule has 1 atom stereocenters. The Balaban J connectivity index is 2.42. The molecule has 0 spiro atoms. The van der Waals surface area contributed by atoms with Crippen LogP contribution in [0.4, 0.5) is 0 Å². The van der Waals surface area contributed by atoms with Gasteiger partial charge in [0.25, 0.3) is 0 Å². The van der Waals surface area contributed by atoms with Crippen molar-refractivity contribution < 1.29 is 4.74 Å². The first-order valence-corrected chi connectivity index (χ1v) is 4.11. The molecule has 0 aromatic carbocycles. The van der Waals surface area contributed by atoms with Crippen LogP contribution in [0.5, 0.6) is 0 Å². The highest BCUT2D eigenvalue weighted by Gasteiger charge is 2.40. The Morgan fingerprint density at radius 2 is 2.20 bits per heavy atom. The number of hydrogen-bond donors (Lipinski definition) is 1. The Morgan fingerprint density at radius 1 is 1.60 bits per heavy atom. The van der Waals surface area contributed by atoms with E-state index in [1.807, 2.05) is 13.8 Å². The van der Waals surface area contributed by atoms with Crippen LogP contribution in [0, 0.1) is 0 Å². The zero-order chi connectivity index (χ0) is 7.61. The molecule has 0 bridgehead atoms. The lowest BCUT2D eigenvalue weighted by Crippen LogP contribution is -2.53. The summed E-state index contributed by atoms with van der Waals surface area (Å²) in [5, 5.41) is 0. The molecule has 1 fully saturated rings. The maximum absolute atomic E-state index is 5.79. The second-order valence-corrected chi connectivity index (χ2v) is 3.14. The van der Waals surface area contributed by atoms with Crippen LogP contribution < -0.4 is 5.73 Å². The van der Waals surface area contributed by atoms with Crippen LogP contribution >= 0.6 is 0 Å². The minimum absolute atomic E-state index is 0.0503. The van der Waals surface area contributed by atoms with E-state index >= 15 is 0 Å². The minimum atomic E-state index is 0.0503. The molecule has 2 nitrogen and oxygen atoms in total. The SMILES string of the molecule is CCOC1(C(C)N)CCC1. The molecular weight excluding hydrogens is 126 g/mol.